The summed E-state index contributed by atoms with van der Waals surface area (Å²) >= 11 is 0. The number of hydrogen-bond donors (Lipinski definition) is 1. The Morgan fingerprint density at radius 3 is 2.35 bits per heavy atom. The Bertz CT molecular complexity index is 845. The van der Waals surface area contributed by atoms with Gasteiger partial charge < -0.3 is 0 Å². The molecular weight excluding hydrogens is 316 g/mol. The lowest BCUT2D eigenvalue weighted by molar-refractivity contribution is -0.385. The minimum Gasteiger partial charge on any atom is -0.279 e. The number of sulfonamides is 1. The molecule has 122 valence electrons. The highest BCUT2D eigenvalue weighted by Crippen LogP contribution is 2.29. The fourth-order valence-corrected chi connectivity index (χ4v) is 3.74. The normalized spacial score (nSPS) is 11.5. The Morgan fingerprint density at radius 2 is 1.74 bits per heavy atom. The summed E-state index contributed by atoms with van der Waals surface area (Å²) < 4.78 is 27.8. The highest BCUT2D eigenvalue weighted by molar-refractivity contribution is 7.92. The minimum atomic E-state index is -3.91. The van der Waals surface area contributed by atoms with Gasteiger partial charge in [0.05, 0.1) is 15.5 Å². The Kier molecular flexibility index (Phi) is 4.70. The molecule has 0 fully saturated rings. The molecule has 0 radical (unpaired) electrons. The average molecular weight is 334 g/mol. The fourth-order valence-electron chi connectivity index (χ4n) is 2.38. The molecule has 0 saturated carbocycles. The van der Waals surface area contributed by atoms with Crippen LogP contribution in [0.3, 0.4) is 0 Å². The third kappa shape index (κ3) is 3.50. The number of para-hydroxylation sites is 1. The van der Waals surface area contributed by atoms with E-state index in [2.05, 4.69) is 4.72 Å². The lowest BCUT2D eigenvalue weighted by atomic mass is 10.0. The van der Waals surface area contributed by atoms with Gasteiger partial charge in [-0.05, 0) is 30.5 Å². The van der Waals surface area contributed by atoms with Crippen LogP contribution in [0.15, 0.2) is 47.4 Å². The van der Waals surface area contributed by atoms with Crippen LogP contribution in [-0.4, -0.2) is 13.3 Å². The van der Waals surface area contributed by atoms with E-state index < -0.39 is 14.9 Å². The maximum Gasteiger partial charge on any atom is 0.273 e. The first-order chi connectivity index (χ1) is 10.7. The van der Waals surface area contributed by atoms with Crippen molar-refractivity contribution in [2.75, 3.05) is 4.72 Å². The maximum atomic E-state index is 12.6. The molecule has 0 atom stereocenters. The van der Waals surface area contributed by atoms with Crippen LogP contribution in [0.2, 0.25) is 0 Å². The zero-order valence-corrected chi connectivity index (χ0v) is 13.9. The number of rotatable bonds is 5. The van der Waals surface area contributed by atoms with E-state index >= 15 is 0 Å². The molecule has 23 heavy (non-hydrogen) atoms. The monoisotopic (exact) mass is 334 g/mol. The number of nitro groups is 1. The van der Waals surface area contributed by atoms with Gasteiger partial charge in [0.2, 0.25) is 0 Å². The third-order valence-electron chi connectivity index (χ3n) is 3.57. The summed E-state index contributed by atoms with van der Waals surface area (Å²) in [6.07, 6.45) is 0. The van der Waals surface area contributed by atoms with E-state index in [1.807, 2.05) is 26.0 Å². The van der Waals surface area contributed by atoms with Gasteiger partial charge in [0.25, 0.3) is 15.7 Å². The number of nitrogens with one attached hydrogen (secondary N) is 1. The van der Waals surface area contributed by atoms with Crippen molar-refractivity contribution in [3.63, 3.8) is 0 Å². The second kappa shape index (κ2) is 6.37. The first kappa shape index (κ1) is 17.0. The molecule has 0 aliphatic carbocycles. The van der Waals surface area contributed by atoms with Crippen molar-refractivity contribution in [2.45, 2.75) is 31.6 Å². The van der Waals surface area contributed by atoms with E-state index in [1.165, 1.54) is 25.1 Å². The SMILES string of the molecule is Cc1c([N+](=O)[O-])cccc1S(=O)(=O)Nc1ccccc1C(C)C. The molecule has 0 unspecified atom stereocenters. The molecule has 2 aromatic rings. The summed E-state index contributed by atoms with van der Waals surface area (Å²) in [5.41, 5.74) is 1.24. The largest absolute Gasteiger partial charge is 0.279 e. The van der Waals surface area contributed by atoms with Crippen molar-refractivity contribution >= 4 is 21.4 Å². The predicted octanol–water partition coefficient (Wildman–Crippen LogP) is 3.83. The van der Waals surface area contributed by atoms with Crippen LogP contribution in [0.25, 0.3) is 0 Å². The van der Waals surface area contributed by atoms with Gasteiger partial charge >= 0.3 is 0 Å². The van der Waals surface area contributed by atoms with Gasteiger partial charge in [0.1, 0.15) is 0 Å². The van der Waals surface area contributed by atoms with Crippen LogP contribution >= 0.6 is 0 Å². The molecular formula is C16H18N2O4S. The Hall–Kier alpha value is -2.41. The lowest BCUT2D eigenvalue weighted by Crippen LogP contribution is -2.16. The lowest BCUT2D eigenvalue weighted by Gasteiger charge is -2.15. The molecule has 6 nitrogen and oxygen atoms in total. The zero-order valence-electron chi connectivity index (χ0n) is 13.1. The molecule has 0 aliphatic rings. The summed E-state index contributed by atoms with van der Waals surface area (Å²) in [5.74, 6) is 0.139. The van der Waals surface area contributed by atoms with Crippen LogP contribution < -0.4 is 4.72 Å². The van der Waals surface area contributed by atoms with E-state index in [-0.39, 0.29) is 22.1 Å². The van der Waals surface area contributed by atoms with Crippen LogP contribution in [0, 0.1) is 17.0 Å². The molecule has 0 heterocycles. The Morgan fingerprint density at radius 1 is 1.09 bits per heavy atom. The standard InChI is InChI=1S/C16H18N2O4S/c1-11(2)13-7-4-5-8-14(13)17-23(21,22)16-10-6-9-15(12(16)3)18(19)20/h4-11,17H,1-3H3. The molecule has 0 aromatic heterocycles. The summed E-state index contributed by atoms with van der Waals surface area (Å²) in [7, 11) is -3.91. The van der Waals surface area contributed by atoms with Gasteiger partial charge in [0.15, 0.2) is 0 Å². The molecule has 0 amide bonds. The topological polar surface area (TPSA) is 89.3 Å². The summed E-state index contributed by atoms with van der Waals surface area (Å²) in [4.78, 5) is 10.3. The second-order valence-corrected chi connectivity index (χ2v) is 7.16. The first-order valence-corrected chi connectivity index (χ1v) is 8.58. The van der Waals surface area contributed by atoms with Gasteiger partial charge in [-0.15, -0.1) is 0 Å². The minimum absolute atomic E-state index is 0.0924. The number of hydrogen-bond acceptors (Lipinski definition) is 4. The fraction of sp³-hybridized carbons (Fsp3) is 0.250. The highest BCUT2D eigenvalue weighted by atomic mass is 32.2. The second-order valence-electron chi connectivity index (χ2n) is 5.50. The summed E-state index contributed by atoms with van der Waals surface area (Å²) in [5, 5.41) is 11.0. The number of nitro benzene ring substituents is 1. The third-order valence-corrected chi connectivity index (χ3v) is 5.08. The molecule has 2 aromatic carbocycles. The van der Waals surface area contributed by atoms with E-state index in [0.717, 1.165) is 5.56 Å². The quantitative estimate of drug-likeness (QED) is 0.665. The number of benzene rings is 2. The molecule has 0 bridgehead atoms. The van der Waals surface area contributed by atoms with Crippen molar-refractivity contribution in [1.29, 1.82) is 0 Å². The molecule has 0 saturated heterocycles. The molecule has 7 heteroatoms. The van der Waals surface area contributed by atoms with E-state index in [1.54, 1.807) is 12.1 Å². The predicted molar refractivity (Wildman–Crippen MR) is 89.2 cm³/mol. The van der Waals surface area contributed by atoms with Crippen LogP contribution in [0.4, 0.5) is 11.4 Å². The van der Waals surface area contributed by atoms with E-state index in [0.29, 0.717) is 5.69 Å². The first-order valence-electron chi connectivity index (χ1n) is 7.10. The maximum absolute atomic E-state index is 12.6. The van der Waals surface area contributed by atoms with Gasteiger partial charge in [-0.3, -0.25) is 14.8 Å². The van der Waals surface area contributed by atoms with Crippen molar-refractivity contribution in [3.8, 4) is 0 Å². The number of nitrogens with zero attached hydrogens (tertiary/aromatic N) is 1. The van der Waals surface area contributed by atoms with Crippen LogP contribution in [-0.2, 0) is 10.0 Å². The van der Waals surface area contributed by atoms with Gasteiger partial charge in [-0.2, -0.15) is 0 Å². The van der Waals surface area contributed by atoms with Crippen molar-refractivity contribution in [2.24, 2.45) is 0 Å². The van der Waals surface area contributed by atoms with Gasteiger partial charge in [-0.1, -0.05) is 38.1 Å². The zero-order chi connectivity index (χ0) is 17.2. The molecule has 2 rings (SSSR count). The van der Waals surface area contributed by atoms with Gasteiger partial charge in [-0.25, -0.2) is 8.42 Å². The number of anilines is 1. The summed E-state index contributed by atoms with van der Waals surface area (Å²) in [6.45, 7) is 5.36. The van der Waals surface area contributed by atoms with Crippen molar-refractivity contribution in [3.05, 3.63) is 63.7 Å². The smallest absolute Gasteiger partial charge is 0.273 e. The van der Waals surface area contributed by atoms with Gasteiger partial charge in [0, 0.05) is 11.6 Å². The van der Waals surface area contributed by atoms with Crippen LogP contribution in [0.5, 0.6) is 0 Å². The van der Waals surface area contributed by atoms with Crippen molar-refractivity contribution < 1.29 is 13.3 Å². The molecule has 0 aliphatic heterocycles. The summed E-state index contributed by atoms with van der Waals surface area (Å²) in [6, 6.07) is 11.1. The molecule has 1 N–H and O–H groups in total. The van der Waals surface area contributed by atoms with E-state index in [4.69, 9.17) is 0 Å². The molecule has 0 spiro atoms. The average Bonchev–Trinajstić information content (AvgIpc) is 2.46. The Balaban J connectivity index is 2.49. The highest BCUT2D eigenvalue weighted by Gasteiger charge is 2.23. The Labute approximate surface area is 135 Å². The van der Waals surface area contributed by atoms with E-state index in [9.17, 15) is 18.5 Å². The van der Waals surface area contributed by atoms with Crippen LogP contribution in [0.1, 0.15) is 30.9 Å². The van der Waals surface area contributed by atoms with Crippen molar-refractivity contribution in [1.82, 2.24) is 0 Å².